The van der Waals surface area contributed by atoms with Crippen molar-refractivity contribution in [3.63, 3.8) is 0 Å². The number of imidazole rings is 1. The summed E-state index contributed by atoms with van der Waals surface area (Å²) in [4.78, 5) is 4.45. The molecule has 1 aromatic heterocycles. The van der Waals surface area contributed by atoms with Crippen molar-refractivity contribution in [3.8, 4) is 0 Å². The molecular weight excluding hydrogens is 226 g/mol. The minimum atomic E-state index is -0.203. The minimum absolute atomic E-state index is 0.118. The summed E-state index contributed by atoms with van der Waals surface area (Å²) in [6, 6.07) is -0.118. The van der Waals surface area contributed by atoms with E-state index in [1.54, 1.807) is 0 Å². The number of ether oxygens (including phenoxy) is 1. The maximum atomic E-state index is 6.50. The van der Waals surface area contributed by atoms with Crippen molar-refractivity contribution < 1.29 is 4.74 Å². The normalized spacial score (nSPS) is 20.8. The molecule has 1 fully saturated rings. The number of nitrogens with zero attached hydrogens (tertiary/aromatic N) is 2. The van der Waals surface area contributed by atoms with Crippen LogP contribution in [-0.4, -0.2) is 21.8 Å². The van der Waals surface area contributed by atoms with E-state index in [-0.39, 0.29) is 11.6 Å². The molecule has 0 bridgehead atoms. The fraction of sp³-hybridized carbons (Fsp3) is 0.786. The molecule has 1 aliphatic carbocycles. The average molecular weight is 251 g/mol. The zero-order valence-corrected chi connectivity index (χ0v) is 11.6. The Morgan fingerprint density at radius 1 is 1.39 bits per heavy atom. The molecule has 102 valence electrons. The molecule has 0 aliphatic heterocycles. The zero-order chi connectivity index (χ0) is 13.0. The van der Waals surface area contributed by atoms with Gasteiger partial charge in [0.1, 0.15) is 5.82 Å². The number of aryl methyl sites for hydroxylation is 1. The van der Waals surface area contributed by atoms with Crippen LogP contribution in [0.5, 0.6) is 0 Å². The first kappa shape index (κ1) is 13.6. The Bertz CT molecular complexity index is 363. The summed E-state index contributed by atoms with van der Waals surface area (Å²) in [7, 11) is 0. The van der Waals surface area contributed by atoms with Gasteiger partial charge in [0, 0.05) is 25.5 Å². The van der Waals surface area contributed by atoms with Gasteiger partial charge in [-0.3, -0.25) is 0 Å². The monoisotopic (exact) mass is 251 g/mol. The molecule has 0 aromatic carbocycles. The number of rotatable bonds is 5. The molecule has 0 amide bonds. The number of hydrogen-bond donors (Lipinski definition) is 1. The summed E-state index contributed by atoms with van der Waals surface area (Å²) in [5.41, 5.74) is 6.30. The molecule has 2 N–H and O–H groups in total. The molecule has 2 rings (SSSR count). The molecule has 1 atom stereocenters. The van der Waals surface area contributed by atoms with E-state index in [0.29, 0.717) is 0 Å². The maximum Gasteiger partial charge on any atom is 0.128 e. The van der Waals surface area contributed by atoms with Gasteiger partial charge in [0.25, 0.3) is 0 Å². The number of aromatic nitrogens is 2. The van der Waals surface area contributed by atoms with E-state index in [0.717, 1.165) is 31.8 Å². The highest BCUT2D eigenvalue weighted by Crippen LogP contribution is 2.39. The van der Waals surface area contributed by atoms with Gasteiger partial charge in [-0.05, 0) is 26.7 Å². The van der Waals surface area contributed by atoms with Crippen LogP contribution in [0.25, 0.3) is 0 Å². The summed E-state index contributed by atoms with van der Waals surface area (Å²) < 4.78 is 8.20. The van der Waals surface area contributed by atoms with Gasteiger partial charge in [0.2, 0.25) is 0 Å². The van der Waals surface area contributed by atoms with E-state index in [4.69, 9.17) is 10.5 Å². The summed E-state index contributed by atoms with van der Waals surface area (Å²) in [6.45, 7) is 5.80. The van der Waals surface area contributed by atoms with Crippen molar-refractivity contribution in [2.24, 2.45) is 5.73 Å². The predicted octanol–water partition coefficient (Wildman–Crippen LogP) is 2.64. The molecule has 1 aliphatic rings. The molecular formula is C14H25N3O. The quantitative estimate of drug-likeness (QED) is 0.875. The second-order valence-corrected chi connectivity index (χ2v) is 5.11. The Balaban J connectivity index is 2.24. The van der Waals surface area contributed by atoms with Gasteiger partial charge in [-0.15, -0.1) is 0 Å². The predicted molar refractivity (Wildman–Crippen MR) is 72.3 cm³/mol. The summed E-state index contributed by atoms with van der Waals surface area (Å²) in [5, 5.41) is 0. The summed E-state index contributed by atoms with van der Waals surface area (Å²) in [6.07, 6.45) is 9.65. The second kappa shape index (κ2) is 5.85. The van der Waals surface area contributed by atoms with Crippen LogP contribution in [0.2, 0.25) is 0 Å². The lowest BCUT2D eigenvalue weighted by atomic mass is 9.79. The Morgan fingerprint density at radius 3 is 2.72 bits per heavy atom. The van der Waals surface area contributed by atoms with Crippen molar-refractivity contribution in [1.82, 2.24) is 9.55 Å². The van der Waals surface area contributed by atoms with E-state index in [9.17, 15) is 0 Å². The molecule has 0 radical (unpaired) electrons. The van der Waals surface area contributed by atoms with Gasteiger partial charge < -0.3 is 15.0 Å². The average Bonchev–Trinajstić information content (AvgIpc) is 2.87. The highest BCUT2D eigenvalue weighted by molar-refractivity contribution is 5.08. The molecule has 1 heterocycles. The number of hydrogen-bond acceptors (Lipinski definition) is 3. The van der Waals surface area contributed by atoms with E-state index in [1.807, 2.05) is 12.4 Å². The van der Waals surface area contributed by atoms with Crippen LogP contribution in [0.4, 0.5) is 0 Å². The van der Waals surface area contributed by atoms with E-state index < -0.39 is 0 Å². The van der Waals surface area contributed by atoms with E-state index in [1.165, 1.54) is 19.3 Å². The standard InChI is InChI=1S/C14H25N3O/c1-3-17-11-10-16-13(17)12(15)14(18-4-2)8-6-5-7-9-14/h10-12H,3-9,15H2,1-2H3. The SMILES string of the molecule is CCOC1(C(N)c2nccn2CC)CCCCC1. The van der Waals surface area contributed by atoms with Crippen LogP contribution in [0.15, 0.2) is 12.4 Å². The Kier molecular flexibility index (Phi) is 4.40. The van der Waals surface area contributed by atoms with Gasteiger partial charge in [0.15, 0.2) is 0 Å². The molecule has 1 saturated carbocycles. The number of nitrogens with two attached hydrogens (primary N) is 1. The fourth-order valence-corrected chi connectivity index (χ4v) is 3.09. The molecule has 0 spiro atoms. The lowest BCUT2D eigenvalue weighted by Crippen LogP contribution is -2.46. The molecule has 1 aromatic rings. The largest absolute Gasteiger partial charge is 0.373 e. The van der Waals surface area contributed by atoms with Gasteiger partial charge in [-0.25, -0.2) is 4.98 Å². The van der Waals surface area contributed by atoms with E-state index >= 15 is 0 Å². The summed E-state index contributed by atoms with van der Waals surface area (Å²) >= 11 is 0. The molecule has 4 nitrogen and oxygen atoms in total. The molecule has 18 heavy (non-hydrogen) atoms. The van der Waals surface area contributed by atoms with Crippen LogP contribution in [0, 0.1) is 0 Å². The molecule has 4 heteroatoms. The molecule has 0 saturated heterocycles. The maximum absolute atomic E-state index is 6.50. The third-order valence-corrected chi connectivity index (χ3v) is 4.07. The van der Waals surface area contributed by atoms with Crippen LogP contribution >= 0.6 is 0 Å². The van der Waals surface area contributed by atoms with Crippen molar-refractivity contribution in [2.75, 3.05) is 6.61 Å². The van der Waals surface area contributed by atoms with Crippen molar-refractivity contribution in [3.05, 3.63) is 18.2 Å². The first-order valence-electron chi connectivity index (χ1n) is 7.14. The van der Waals surface area contributed by atoms with Crippen molar-refractivity contribution in [1.29, 1.82) is 0 Å². The summed E-state index contributed by atoms with van der Waals surface area (Å²) in [5.74, 6) is 0.966. The highest BCUT2D eigenvalue weighted by atomic mass is 16.5. The van der Waals surface area contributed by atoms with Gasteiger partial charge >= 0.3 is 0 Å². The van der Waals surface area contributed by atoms with Gasteiger partial charge in [0.05, 0.1) is 11.6 Å². The first-order chi connectivity index (χ1) is 8.73. The van der Waals surface area contributed by atoms with Crippen LogP contribution < -0.4 is 5.73 Å². The smallest absolute Gasteiger partial charge is 0.128 e. The van der Waals surface area contributed by atoms with Crippen LogP contribution in [0.3, 0.4) is 0 Å². The van der Waals surface area contributed by atoms with Crippen molar-refractivity contribution in [2.45, 2.75) is 64.1 Å². The minimum Gasteiger partial charge on any atom is -0.373 e. The van der Waals surface area contributed by atoms with Crippen molar-refractivity contribution >= 4 is 0 Å². The Morgan fingerprint density at radius 2 is 2.11 bits per heavy atom. The zero-order valence-electron chi connectivity index (χ0n) is 11.6. The lowest BCUT2D eigenvalue weighted by Gasteiger charge is -2.41. The van der Waals surface area contributed by atoms with Crippen LogP contribution in [0.1, 0.15) is 57.8 Å². The Hall–Kier alpha value is -0.870. The lowest BCUT2D eigenvalue weighted by molar-refractivity contribution is -0.0852. The third kappa shape index (κ3) is 2.45. The topological polar surface area (TPSA) is 53.1 Å². The fourth-order valence-electron chi connectivity index (χ4n) is 3.09. The van der Waals surface area contributed by atoms with Crippen LogP contribution in [-0.2, 0) is 11.3 Å². The van der Waals surface area contributed by atoms with Gasteiger partial charge in [-0.2, -0.15) is 0 Å². The third-order valence-electron chi connectivity index (χ3n) is 4.07. The molecule has 1 unspecified atom stereocenters. The first-order valence-corrected chi connectivity index (χ1v) is 7.14. The van der Waals surface area contributed by atoms with Gasteiger partial charge in [-0.1, -0.05) is 19.3 Å². The Labute approximate surface area is 110 Å². The van der Waals surface area contributed by atoms with E-state index in [2.05, 4.69) is 23.4 Å². The highest BCUT2D eigenvalue weighted by Gasteiger charge is 2.41. The second-order valence-electron chi connectivity index (χ2n) is 5.11.